The molecule has 0 N–H and O–H groups in total. The summed E-state index contributed by atoms with van der Waals surface area (Å²) in [6.07, 6.45) is 1.57. The lowest BCUT2D eigenvalue weighted by atomic mass is 9.72. The van der Waals surface area contributed by atoms with Crippen molar-refractivity contribution in [2.75, 3.05) is 39.5 Å². The zero-order valence-corrected chi connectivity index (χ0v) is 22.4. The minimum absolute atomic E-state index is 0.00949. The van der Waals surface area contributed by atoms with Crippen molar-refractivity contribution < 1.29 is 31.5 Å². The molecular weight excluding hydrogens is 514 g/mol. The molecule has 0 spiro atoms. The highest BCUT2D eigenvalue weighted by molar-refractivity contribution is 7.89. The van der Waals surface area contributed by atoms with Crippen LogP contribution in [0.2, 0.25) is 0 Å². The Balaban J connectivity index is 1.46. The lowest BCUT2D eigenvalue weighted by molar-refractivity contribution is -0.145. The standard InChI is InChI=1S/C28H34F2N2O5S/c1-20-7-8-26(21-5-3-2-4-6-21)38(34,35)32(20)19-22-17-25(30)23(18-24(22)29)28(9-13-36-14-10-28)27(33)31-11-15-37-16-12-31/h2-6,17-18,20,26H,7-16,19H2,1H3/t20-,26+/m0/s1. The second-order valence-electron chi connectivity index (χ2n) is 10.4. The molecule has 0 aliphatic carbocycles. The highest BCUT2D eigenvalue weighted by Gasteiger charge is 2.47. The number of halogens is 2. The molecule has 2 aromatic rings. The van der Waals surface area contributed by atoms with Crippen molar-refractivity contribution >= 4 is 15.9 Å². The van der Waals surface area contributed by atoms with Gasteiger partial charge in [0.1, 0.15) is 16.9 Å². The molecule has 0 radical (unpaired) electrons. The molecule has 206 valence electrons. The van der Waals surface area contributed by atoms with Gasteiger partial charge in [0.25, 0.3) is 0 Å². The first-order valence-electron chi connectivity index (χ1n) is 13.2. The summed E-state index contributed by atoms with van der Waals surface area (Å²) >= 11 is 0. The Morgan fingerprint density at radius 1 is 0.974 bits per heavy atom. The van der Waals surface area contributed by atoms with E-state index in [4.69, 9.17) is 9.47 Å². The maximum absolute atomic E-state index is 15.8. The number of nitrogens with zero attached hydrogens (tertiary/aromatic N) is 2. The fraction of sp³-hybridized carbons (Fsp3) is 0.536. The second kappa shape index (κ2) is 11.0. The zero-order chi connectivity index (χ0) is 26.9. The molecular formula is C28H34F2N2O5S. The topological polar surface area (TPSA) is 76.2 Å². The van der Waals surface area contributed by atoms with E-state index in [1.165, 1.54) is 4.31 Å². The van der Waals surface area contributed by atoms with Crippen LogP contribution in [-0.2, 0) is 36.3 Å². The first-order valence-corrected chi connectivity index (χ1v) is 14.7. The average molecular weight is 549 g/mol. The fourth-order valence-electron chi connectivity index (χ4n) is 5.98. The van der Waals surface area contributed by atoms with Crippen molar-refractivity contribution in [3.63, 3.8) is 0 Å². The van der Waals surface area contributed by atoms with E-state index in [-0.39, 0.29) is 55.7 Å². The molecule has 0 aromatic heterocycles. The van der Waals surface area contributed by atoms with Gasteiger partial charge in [0.05, 0.1) is 18.6 Å². The number of benzene rings is 2. The van der Waals surface area contributed by atoms with Crippen LogP contribution >= 0.6 is 0 Å². The van der Waals surface area contributed by atoms with Gasteiger partial charge in [0.15, 0.2) is 0 Å². The molecule has 0 unspecified atom stereocenters. The minimum atomic E-state index is -3.81. The number of morpholine rings is 1. The number of hydrogen-bond donors (Lipinski definition) is 0. The quantitative estimate of drug-likeness (QED) is 0.566. The molecule has 1 amide bonds. The zero-order valence-electron chi connectivity index (χ0n) is 21.6. The van der Waals surface area contributed by atoms with E-state index in [0.717, 1.165) is 12.1 Å². The third-order valence-electron chi connectivity index (χ3n) is 8.23. The van der Waals surface area contributed by atoms with Gasteiger partial charge < -0.3 is 14.4 Å². The third kappa shape index (κ3) is 4.99. The van der Waals surface area contributed by atoms with Crippen LogP contribution in [0.25, 0.3) is 0 Å². The molecule has 2 atom stereocenters. The van der Waals surface area contributed by atoms with Gasteiger partial charge in [-0.3, -0.25) is 4.79 Å². The summed E-state index contributed by atoms with van der Waals surface area (Å²) in [5.74, 6) is -1.66. The first kappa shape index (κ1) is 27.2. The van der Waals surface area contributed by atoms with Gasteiger partial charge in [0, 0.05) is 50.0 Å². The summed E-state index contributed by atoms with van der Waals surface area (Å²) in [4.78, 5) is 15.3. The number of carbonyl (C=O) groups is 1. The summed E-state index contributed by atoms with van der Waals surface area (Å²) in [6, 6.07) is 10.8. The lowest BCUT2D eigenvalue weighted by Crippen LogP contribution is -2.53. The van der Waals surface area contributed by atoms with E-state index >= 15 is 8.78 Å². The van der Waals surface area contributed by atoms with Crippen LogP contribution in [0.15, 0.2) is 42.5 Å². The van der Waals surface area contributed by atoms with Crippen LogP contribution in [-0.4, -0.2) is 69.1 Å². The van der Waals surface area contributed by atoms with Crippen LogP contribution < -0.4 is 0 Å². The third-order valence-corrected chi connectivity index (χ3v) is 10.6. The van der Waals surface area contributed by atoms with Crippen LogP contribution in [0.1, 0.15) is 54.5 Å². The van der Waals surface area contributed by atoms with Crippen molar-refractivity contribution in [2.45, 2.75) is 55.9 Å². The Hall–Kier alpha value is -2.40. The number of sulfonamides is 1. The van der Waals surface area contributed by atoms with Crippen molar-refractivity contribution in [3.8, 4) is 0 Å². The van der Waals surface area contributed by atoms with Crippen molar-refractivity contribution in [3.05, 3.63) is 70.8 Å². The first-order chi connectivity index (χ1) is 18.2. The van der Waals surface area contributed by atoms with Crippen LogP contribution in [0.5, 0.6) is 0 Å². The molecule has 0 saturated carbocycles. The van der Waals surface area contributed by atoms with E-state index < -0.39 is 32.3 Å². The molecule has 5 rings (SSSR count). The Labute approximate surface area is 222 Å². The van der Waals surface area contributed by atoms with Crippen molar-refractivity contribution in [2.24, 2.45) is 0 Å². The van der Waals surface area contributed by atoms with E-state index in [9.17, 15) is 13.2 Å². The van der Waals surface area contributed by atoms with Gasteiger partial charge >= 0.3 is 0 Å². The maximum atomic E-state index is 15.8. The van der Waals surface area contributed by atoms with Gasteiger partial charge in [-0.15, -0.1) is 0 Å². The van der Waals surface area contributed by atoms with Crippen LogP contribution in [0.4, 0.5) is 8.78 Å². The molecule has 38 heavy (non-hydrogen) atoms. The number of rotatable bonds is 5. The number of hydrogen-bond acceptors (Lipinski definition) is 5. The molecule has 3 fully saturated rings. The Morgan fingerprint density at radius 3 is 2.32 bits per heavy atom. The summed E-state index contributed by atoms with van der Waals surface area (Å²) in [7, 11) is -3.81. The highest BCUT2D eigenvalue weighted by atomic mass is 32.2. The van der Waals surface area contributed by atoms with Gasteiger partial charge in [-0.2, -0.15) is 4.31 Å². The lowest BCUT2D eigenvalue weighted by Gasteiger charge is -2.41. The van der Waals surface area contributed by atoms with Crippen molar-refractivity contribution in [1.82, 2.24) is 9.21 Å². The molecule has 7 nitrogen and oxygen atoms in total. The van der Waals surface area contributed by atoms with E-state index in [2.05, 4.69) is 0 Å². The van der Waals surface area contributed by atoms with Crippen LogP contribution in [0.3, 0.4) is 0 Å². The molecule has 3 aliphatic heterocycles. The Kier molecular flexibility index (Phi) is 7.86. The maximum Gasteiger partial charge on any atom is 0.233 e. The SMILES string of the molecule is C[C@H]1CC[C@H](c2ccccc2)S(=O)(=O)N1Cc1cc(F)c(C2(C(=O)N3CCOCC3)CCOCC2)cc1F. The summed E-state index contributed by atoms with van der Waals surface area (Å²) in [6.45, 7) is 3.66. The summed E-state index contributed by atoms with van der Waals surface area (Å²) < 4.78 is 70.8. The predicted octanol–water partition coefficient (Wildman–Crippen LogP) is 3.93. The van der Waals surface area contributed by atoms with Gasteiger partial charge in [-0.25, -0.2) is 17.2 Å². The molecule has 3 saturated heterocycles. The molecule has 10 heteroatoms. The predicted molar refractivity (Wildman–Crippen MR) is 138 cm³/mol. The van der Waals surface area contributed by atoms with E-state index in [1.807, 2.05) is 6.07 Å². The van der Waals surface area contributed by atoms with Crippen LogP contribution in [0, 0.1) is 11.6 Å². The largest absolute Gasteiger partial charge is 0.381 e. The second-order valence-corrected chi connectivity index (χ2v) is 12.5. The number of carbonyl (C=O) groups excluding carboxylic acids is 1. The molecule has 3 aliphatic rings. The monoisotopic (exact) mass is 548 g/mol. The van der Waals surface area contributed by atoms with Gasteiger partial charge in [-0.1, -0.05) is 30.3 Å². The average Bonchev–Trinajstić information content (AvgIpc) is 2.93. The molecule has 2 aromatic carbocycles. The molecule has 0 bridgehead atoms. The molecule has 3 heterocycles. The Bertz CT molecular complexity index is 1260. The fourth-order valence-corrected chi connectivity index (χ4v) is 8.17. The van der Waals surface area contributed by atoms with Gasteiger partial charge in [-0.05, 0) is 50.3 Å². The van der Waals surface area contributed by atoms with Crippen molar-refractivity contribution in [1.29, 1.82) is 0 Å². The summed E-state index contributed by atoms with van der Waals surface area (Å²) in [5.41, 5.74) is -0.580. The minimum Gasteiger partial charge on any atom is -0.381 e. The normalized spacial score (nSPS) is 25.7. The van der Waals surface area contributed by atoms with E-state index in [0.29, 0.717) is 44.7 Å². The smallest absolute Gasteiger partial charge is 0.233 e. The number of amides is 1. The van der Waals surface area contributed by atoms with Gasteiger partial charge in [0.2, 0.25) is 15.9 Å². The van der Waals surface area contributed by atoms with E-state index in [1.54, 1.807) is 36.1 Å². The Morgan fingerprint density at radius 2 is 1.63 bits per heavy atom. The summed E-state index contributed by atoms with van der Waals surface area (Å²) in [5, 5.41) is -0.733. The number of ether oxygens (including phenoxy) is 2. The highest BCUT2D eigenvalue weighted by Crippen LogP contribution is 2.41.